The third-order valence-corrected chi connectivity index (χ3v) is 1.97. The number of hydrogen-bond donors (Lipinski definition) is 2. The fourth-order valence-corrected chi connectivity index (χ4v) is 0.812. The highest BCUT2D eigenvalue weighted by molar-refractivity contribution is 5.66. The van der Waals surface area contributed by atoms with Crippen molar-refractivity contribution >= 4 is 5.97 Å². The molecule has 0 saturated carbocycles. The summed E-state index contributed by atoms with van der Waals surface area (Å²) < 4.78 is 5.21. The maximum atomic E-state index is 10.2. The Balaban J connectivity index is 3.30. The Bertz CT molecular complexity index is 157. The topological polar surface area (TPSA) is 58.6 Å². The molecule has 0 saturated heterocycles. The van der Waals surface area contributed by atoms with E-state index in [0.29, 0.717) is 6.54 Å². The highest BCUT2D eigenvalue weighted by Crippen LogP contribution is 2.10. The molecule has 0 aliphatic carbocycles. The molecule has 0 aliphatic heterocycles. The van der Waals surface area contributed by atoms with Crippen LogP contribution in [0, 0.1) is 0 Å². The summed E-state index contributed by atoms with van der Waals surface area (Å²) in [4.78, 5) is 10.2. The Hall–Kier alpha value is -0.610. The van der Waals surface area contributed by atoms with Gasteiger partial charge in [0.1, 0.15) is 0 Å². The number of aliphatic carboxylic acids is 1. The lowest BCUT2D eigenvalue weighted by molar-refractivity contribution is -0.136. The molecular formula is C9H19NO3. The highest BCUT2D eigenvalue weighted by Gasteiger charge is 2.14. The second kappa shape index (κ2) is 5.94. The number of carboxylic acids is 1. The first-order chi connectivity index (χ1) is 5.98. The highest BCUT2D eigenvalue weighted by atomic mass is 16.5. The van der Waals surface area contributed by atoms with Gasteiger partial charge in [0, 0.05) is 13.7 Å². The van der Waals surface area contributed by atoms with Gasteiger partial charge in [0.05, 0.1) is 12.0 Å². The predicted octanol–water partition coefficient (Wildman–Crippen LogP) is 0.866. The van der Waals surface area contributed by atoms with Gasteiger partial charge in [-0.2, -0.15) is 0 Å². The van der Waals surface area contributed by atoms with Crippen LogP contribution in [0.5, 0.6) is 0 Å². The van der Waals surface area contributed by atoms with E-state index in [1.54, 1.807) is 7.11 Å². The molecule has 0 aromatic carbocycles. The number of carbonyl (C=O) groups is 1. The quantitative estimate of drug-likeness (QED) is 0.583. The van der Waals surface area contributed by atoms with E-state index in [1.807, 2.05) is 13.8 Å². The van der Waals surface area contributed by atoms with Crippen molar-refractivity contribution in [2.75, 3.05) is 20.2 Å². The van der Waals surface area contributed by atoms with E-state index in [2.05, 4.69) is 5.32 Å². The second-order valence-corrected chi connectivity index (χ2v) is 3.61. The minimum absolute atomic E-state index is 0.129. The molecule has 0 atom stereocenters. The molecule has 0 aromatic heterocycles. The number of rotatable bonds is 7. The molecule has 0 rings (SSSR count). The molecular weight excluding hydrogens is 170 g/mol. The summed E-state index contributed by atoms with van der Waals surface area (Å²) in [7, 11) is 1.68. The van der Waals surface area contributed by atoms with E-state index in [-0.39, 0.29) is 12.0 Å². The van der Waals surface area contributed by atoms with E-state index in [1.165, 1.54) is 0 Å². The molecule has 0 aliphatic rings. The van der Waals surface area contributed by atoms with Crippen molar-refractivity contribution in [2.45, 2.75) is 32.3 Å². The van der Waals surface area contributed by atoms with Crippen molar-refractivity contribution in [3.63, 3.8) is 0 Å². The number of hydrogen-bond acceptors (Lipinski definition) is 3. The van der Waals surface area contributed by atoms with Crippen molar-refractivity contribution in [2.24, 2.45) is 0 Å². The Labute approximate surface area is 79.3 Å². The van der Waals surface area contributed by atoms with Crippen LogP contribution in [0.1, 0.15) is 26.7 Å². The van der Waals surface area contributed by atoms with Gasteiger partial charge in [-0.3, -0.25) is 4.79 Å². The van der Waals surface area contributed by atoms with Crippen molar-refractivity contribution in [1.29, 1.82) is 0 Å². The van der Waals surface area contributed by atoms with E-state index in [9.17, 15) is 4.79 Å². The molecule has 0 heterocycles. The van der Waals surface area contributed by atoms with E-state index in [0.717, 1.165) is 13.0 Å². The van der Waals surface area contributed by atoms with Gasteiger partial charge in [0.15, 0.2) is 0 Å². The average Bonchev–Trinajstić information content (AvgIpc) is 2.03. The van der Waals surface area contributed by atoms with E-state index >= 15 is 0 Å². The molecule has 13 heavy (non-hydrogen) atoms. The molecule has 78 valence electrons. The van der Waals surface area contributed by atoms with Gasteiger partial charge < -0.3 is 15.2 Å². The third-order valence-electron chi connectivity index (χ3n) is 1.97. The van der Waals surface area contributed by atoms with Gasteiger partial charge in [-0.15, -0.1) is 0 Å². The Morgan fingerprint density at radius 2 is 2.08 bits per heavy atom. The first-order valence-electron chi connectivity index (χ1n) is 4.45. The zero-order chi connectivity index (χ0) is 10.3. The Kier molecular flexibility index (Phi) is 5.66. The average molecular weight is 189 g/mol. The lowest BCUT2D eigenvalue weighted by Gasteiger charge is -2.22. The summed E-state index contributed by atoms with van der Waals surface area (Å²) in [6, 6.07) is 0. The first-order valence-corrected chi connectivity index (χ1v) is 4.45. The molecule has 0 unspecified atom stereocenters. The normalized spacial score (nSPS) is 11.6. The molecule has 0 aromatic rings. The number of methoxy groups -OCH3 is 1. The third kappa shape index (κ3) is 7.74. The predicted molar refractivity (Wildman–Crippen MR) is 50.8 cm³/mol. The van der Waals surface area contributed by atoms with Crippen LogP contribution in [0.4, 0.5) is 0 Å². The van der Waals surface area contributed by atoms with Gasteiger partial charge in [0.2, 0.25) is 0 Å². The van der Waals surface area contributed by atoms with Crippen LogP contribution in [0.3, 0.4) is 0 Å². The lowest BCUT2D eigenvalue weighted by Crippen LogP contribution is -2.29. The van der Waals surface area contributed by atoms with Gasteiger partial charge in [0.25, 0.3) is 0 Å². The van der Waals surface area contributed by atoms with Crippen LogP contribution in [-0.2, 0) is 9.53 Å². The van der Waals surface area contributed by atoms with Gasteiger partial charge >= 0.3 is 5.97 Å². The zero-order valence-electron chi connectivity index (χ0n) is 8.59. The van der Waals surface area contributed by atoms with Crippen molar-refractivity contribution in [3.05, 3.63) is 0 Å². The number of carboxylic acid groups (broad SMARTS) is 1. The van der Waals surface area contributed by atoms with Crippen LogP contribution in [0.2, 0.25) is 0 Å². The molecule has 0 bridgehead atoms. The smallest absolute Gasteiger partial charge is 0.304 e. The minimum atomic E-state index is -0.765. The van der Waals surface area contributed by atoms with Gasteiger partial charge in [-0.05, 0) is 26.8 Å². The van der Waals surface area contributed by atoms with Crippen LogP contribution >= 0.6 is 0 Å². The molecule has 0 fully saturated rings. The molecule has 4 nitrogen and oxygen atoms in total. The van der Waals surface area contributed by atoms with Crippen LogP contribution in [0.25, 0.3) is 0 Å². The SMILES string of the molecule is COC(C)(C)CCNCCC(=O)O. The molecule has 0 radical (unpaired) electrons. The van der Waals surface area contributed by atoms with Crippen LogP contribution < -0.4 is 5.32 Å². The molecule has 0 spiro atoms. The summed E-state index contributed by atoms with van der Waals surface area (Å²) >= 11 is 0. The fourth-order valence-electron chi connectivity index (χ4n) is 0.812. The summed E-state index contributed by atoms with van der Waals surface area (Å²) in [6.07, 6.45) is 1.05. The minimum Gasteiger partial charge on any atom is -0.481 e. The van der Waals surface area contributed by atoms with Crippen LogP contribution in [-0.4, -0.2) is 36.9 Å². The largest absolute Gasteiger partial charge is 0.481 e. The van der Waals surface area contributed by atoms with Gasteiger partial charge in [-0.1, -0.05) is 0 Å². The van der Waals surface area contributed by atoms with Crippen molar-refractivity contribution in [1.82, 2.24) is 5.32 Å². The number of nitrogens with one attached hydrogen (secondary N) is 1. The monoisotopic (exact) mass is 189 g/mol. The molecule has 4 heteroatoms. The fraction of sp³-hybridized carbons (Fsp3) is 0.889. The lowest BCUT2D eigenvalue weighted by atomic mass is 10.1. The molecule has 0 amide bonds. The van der Waals surface area contributed by atoms with Crippen molar-refractivity contribution < 1.29 is 14.6 Å². The first kappa shape index (κ1) is 12.4. The summed E-state index contributed by atoms with van der Waals surface area (Å²) in [6.45, 7) is 5.32. The van der Waals surface area contributed by atoms with Crippen molar-refractivity contribution in [3.8, 4) is 0 Å². The number of ether oxygens (including phenoxy) is 1. The maximum Gasteiger partial charge on any atom is 0.304 e. The van der Waals surface area contributed by atoms with E-state index in [4.69, 9.17) is 9.84 Å². The standard InChI is InChI=1S/C9H19NO3/c1-9(2,13-3)5-7-10-6-4-8(11)12/h10H,4-7H2,1-3H3,(H,11,12). The summed E-state index contributed by atoms with van der Waals surface area (Å²) in [5.74, 6) is -0.765. The maximum absolute atomic E-state index is 10.2. The van der Waals surface area contributed by atoms with Crippen LogP contribution in [0.15, 0.2) is 0 Å². The second-order valence-electron chi connectivity index (χ2n) is 3.61. The van der Waals surface area contributed by atoms with Gasteiger partial charge in [-0.25, -0.2) is 0 Å². The summed E-state index contributed by atoms with van der Waals surface area (Å²) in [5.41, 5.74) is -0.129. The molecule has 2 N–H and O–H groups in total. The van der Waals surface area contributed by atoms with E-state index < -0.39 is 5.97 Å². The Morgan fingerprint density at radius 1 is 1.46 bits per heavy atom. The Morgan fingerprint density at radius 3 is 2.54 bits per heavy atom. The zero-order valence-corrected chi connectivity index (χ0v) is 8.59. The summed E-state index contributed by atoms with van der Waals surface area (Å²) in [5, 5.41) is 11.4.